The second-order valence-electron chi connectivity index (χ2n) is 4.68. The highest BCUT2D eigenvalue weighted by atomic mass is 79.9. The highest BCUT2D eigenvalue weighted by Gasteiger charge is 2.37. The van der Waals surface area contributed by atoms with Gasteiger partial charge < -0.3 is 5.11 Å². The van der Waals surface area contributed by atoms with E-state index in [1.165, 1.54) is 4.88 Å². The van der Waals surface area contributed by atoms with Crippen LogP contribution in [0, 0.1) is 11.8 Å². The van der Waals surface area contributed by atoms with Gasteiger partial charge in [-0.3, -0.25) is 9.69 Å². The summed E-state index contributed by atoms with van der Waals surface area (Å²) in [5, 5.41) is 11.0. The van der Waals surface area contributed by atoms with Crippen molar-refractivity contribution in [1.29, 1.82) is 0 Å². The Morgan fingerprint density at radius 2 is 2.24 bits per heavy atom. The van der Waals surface area contributed by atoms with Crippen molar-refractivity contribution in [3.8, 4) is 0 Å². The van der Waals surface area contributed by atoms with Gasteiger partial charge in [0.05, 0.1) is 5.92 Å². The summed E-state index contributed by atoms with van der Waals surface area (Å²) in [6.45, 7) is 5.77. The molecule has 0 bridgehead atoms. The Kier molecular flexibility index (Phi) is 3.90. The fourth-order valence-electron chi connectivity index (χ4n) is 2.11. The fourth-order valence-corrected chi connectivity index (χ4v) is 3.65. The Morgan fingerprint density at radius 1 is 1.59 bits per heavy atom. The highest BCUT2D eigenvalue weighted by Crippen LogP contribution is 2.35. The average molecular weight is 318 g/mol. The van der Waals surface area contributed by atoms with Crippen molar-refractivity contribution in [2.75, 3.05) is 13.1 Å². The monoisotopic (exact) mass is 317 g/mol. The maximum Gasteiger partial charge on any atom is 0.306 e. The average Bonchev–Trinajstić information content (AvgIpc) is 2.62. The summed E-state index contributed by atoms with van der Waals surface area (Å²) in [6, 6.07) is 2.53. The lowest BCUT2D eigenvalue weighted by Crippen LogP contribution is -2.51. The predicted octanol–water partition coefficient (Wildman–Crippen LogP) is 3.22. The Balaban J connectivity index is 1.89. The molecule has 0 spiro atoms. The molecule has 1 aliphatic heterocycles. The van der Waals surface area contributed by atoms with Crippen molar-refractivity contribution >= 4 is 33.2 Å². The van der Waals surface area contributed by atoms with Crippen LogP contribution in [0.3, 0.4) is 0 Å². The van der Waals surface area contributed by atoms with Crippen molar-refractivity contribution in [3.63, 3.8) is 0 Å². The van der Waals surface area contributed by atoms with Crippen LogP contribution in [0.25, 0.3) is 0 Å². The Morgan fingerprint density at radius 3 is 2.71 bits per heavy atom. The molecule has 2 heterocycles. The van der Waals surface area contributed by atoms with E-state index in [4.69, 9.17) is 5.11 Å². The first kappa shape index (κ1) is 13.1. The largest absolute Gasteiger partial charge is 0.481 e. The summed E-state index contributed by atoms with van der Waals surface area (Å²) in [5.74, 6) is -0.604. The molecule has 0 aromatic carbocycles. The van der Waals surface area contributed by atoms with Crippen LogP contribution in [0.5, 0.6) is 0 Å². The molecule has 94 valence electrons. The fraction of sp³-hybridized carbons (Fsp3) is 0.583. The molecule has 1 aliphatic rings. The molecule has 1 N–H and O–H groups in total. The molecular formula is C12H16BrNO2S. The second kappa shape index (κ2) is 5.08. The topological polar surface area (TPSA) is 40.5 Å². The lowest BCUT2D eigenvalue weighted by Gasteiger charge is -2.44. The van der Waals surface area contributed by atoms with Gasteiger partial charge in [-0.1, -0.05) is 6.92 Å². The van der Waals surface area contributed by atoms with Crippen LogP contribution in [0.4, 0.5) is 0 Å². The number of aliphatic carboxylic acids is 1. The predicted molar refractivity (Wildman–Crippen MR) is 72.3 cm³/mol. The number of carboxylic acid groups (broad SMARTS) is 1. The lowest BCUT2D eigenvalue weighted by molar-refractivity contribution is -0.145. The number of carbonyl (C=O) groups is 1. The maximum absolute atomic E-state index is 10.9. The standard InChI is InChI=1S/C12H16BrNO2S/c1-7(12(15)16)9-4-14(5-9)8(2)11-3-10(13)6-17-11/h3,6-9H,4-5H2,1-2H3,(H,15,16). The summed E-state index contributed by atoms with van der Waals surface area (Å²) in [4.78, 5) is 14.5. The number of thiophene rings is 1. The maximum atomic E-state index is 10.9. The highest BCUT2D eigenvalue weighted by molar-refractivity contribution is 9.10. The zero-order valence-electron chi connectivity index (χ0n) is 9.89. The molecule has 3 nitrogen and oxygen atoms in total. The summed E-state index contributed by atoms with van der Waals surface area (Å²) in [5.41, 5.74) is 0. The number of hydrogen-bond acceptors (Lipinski definition) is 3. The minimum absolute atomic E-state index is 0.228. The van der Waals surface area contributed by atoms with E-state index in [2.05, 4.69) is 39.2 Å². The van der Waals surface area contributed by atoms with Crippen molar-refractivity contribution < 1.29 is 9.90 Å². The van der Waals surface area contributed by atoms with Gasteiger partial charge in [0.1, 0.15) is 0 Å². The molecule has 0 radical (unpaired) electrons. The first-order chi connectivity index (χ1) is 7.99. The van der Waals surface area contributed by atoms with Crippen LogP contribution in [0.15, 0.2) is 15.9 Å². The van der Waals surface area contributed by atoms with Crippen molar-refractivity contribution in [2.24, 2.45) is 11.8 Å². The van der Waals surface area contributed by atoms with E-state index in [0.29, 0.717) is 12.0 Å². The number of hydrogen-bond donors (Lipinski definition) is 1. The van der Waals surface area contributed by atoms with Gasteiger partial charge in [-0.2, -0.15) is 0 Å². The zero-order valence-corrected chi connectivity index (χ0v) is 12.3. The minimum atomic E-state index is -0.679. The molecule has 0 saturated carbocycles. The third-order valence-corrected chi connectivity index (χ3v) is 5.45. The van der Waals surface area contributed by atoms with Crippen molar-refractivity contribution in [1.82, 2.24) is 4.90 Å². The molecule has 1 aromatic rings. The van der Waals surface area contributed by atoms with Gasteiger partial charge in [0.25, 0.3) is 0 Å². The minimum Gasteiger partial charge on any atom is -0.481 e. The second-order valence-corrected chi connectivity index (χ2v) is 6.54. The zero-order chi connectivity index (χ0) is 12.6. The normalized spacial score (nSPS) is 20.9. The van der Waals surface area contributed by atoms with E-state index < -0.39 is 5.97 Å². The van der Waals surface area contributed by atoms with E-state index >= 15 is 0 Å². The summed E-state index contributed by atoms with van der Waals surface area (Å²) in [7, 11) is 0. The van der Waals surface area contributed by atoms with Gasteiger partial charge in [-0.25, -0.2) is 0 Å². The smallest absolute Gasteiger partial charge is 0.306 e. The third-order valence-electron chi connectivity index (χ3n) is 3.58. The summed E-state index contributed by atoms with van der Waals surface area (Å²) < 4.78 is 1.13. The lowest BCUT2D eigenvalue weighted by atomic mass is 9.86. The van der Waals surface area contributed by atoms with E-state index in [1.807, 2.05) is 0 Å². The number of carboxylic acids is 1. The molecule has 1 aromatic heterocycles. The van der Waals surface area contributed by atoms with Gasteiger partial charge >= 0.3 is 5.97 Å². The van der Waals surface area contributed by atoms with Crippen LogP contribution in [0.1, 0.15) is 24.8 Å². The van der Waals surface area contributed by atoms with Crippen LogP contribution in [-0.4, -0.2) is 29.1 Å². The molecule has 2 rings (SSSR count). The Hall–Kier alpha value is -0.390. The van der Waals surface area contributed by atoms with E-state index in [0.717, 1.165) is 17.6 Å². The molecule has 17 heavy (non-hydrogen) atoms. The Bertz CT molecular complexity index is 414. The number of likely N-dealkylation sites (tertiary alicyclic amines) is 1. The summed E-state index contributed by atoms with van der Waals surface area (Å²) in [6.07, 6.45) is 0. The van der Waals surface area contributed by atoms with Crippen molar-refractivity contribution in [3.05, 3.63) is 20.8 Å². The van der Waals surface area contributed by atoms with Crippen LogP contribution in [0.2, 0.25) is 0 Å². The molecule has 2 unspecified atom stereocenters. The van der Waals surface area contributed by atoms with E-state index in [1.54, 1.807) is 18.3 Å². The Labute approximate surface area is 114 Å². The van der Waals surface area contributed by atoms with Gasteiger partial charge in [0, 0.05) is 33.9 Å². The first-order valence-corrected chi connectivity index (χ1v) is 7.37. The van der Waals surface area contributed by atoms with Crippen molar-refractivity contribution in [2.45, 2.75) is 19.9 Å². The van der Waals surface area contributed by atoms with E-state index in [-0.39, 0.29) is 5.92 Å². The molecule has 2 atom stereocenters. The van der Waals surface area contributed by atoms with E-state index in [9.17, 15) is 4.79 Å². The molecular weight excluding hydrogens is 302 g/mol. The van der Waals surface area contributed by atoms with Gasteiger partial charge in [-0.05, 0) is 34.8 Å². The molecule has 1 fully saturated rings. The van der Waals surface area contributed by atoms with Crippen LogP contribution < -0.4 is 0 Å². The van der Waals surface area contributed by atoms with Gasteiger partial charge in [0.15, 0.2) is 0 Å². The first-order valence-electron chi connectivity index (χ1n) is 5.70. The molecule has 5 heteroatoms. The molecule has 0 aliphatic carbocycles. The van der Waals surface area contributed by atoms with Crippen LogP contribution in [-0.2, 0) is 4.79 Å². The van der Waals surface area contributed by atoms with Gasteiger partial charge in [-0.15, -0.1) is 11.3 Å². The number of nitrogens with zero attached hydrogens (tertiary/aromatic N) is 1. The molecule has 1 saturated heterocycles. The molecule has 0 amide bonds. The number of halogens is 1. The quantitative estimate of drug-likeness (QED) is 0.927. The number of rotatable bonds is 4. The summed E-state index contributed by atoms with van der Waals surface area (Å²) >= 11 is 5.20. The SMILES string of the molecule is CC(C(=O)O)C1CN(C(C)c2cc(Br)cs2)C1. The van der Waals surface area contributed by atoms with Gasteiger partial charge in [0.2, 0.25) is 0 Å². The van der Waals surface area contributed by atoms with Crippen LogP contribution >= 0.6 is 27.3 Å². The third kappa shape index (κ3) is 2.72.